The monoisotopic (exact) mass is 321 g/mol. The second-order valence-electron chi connectivity index (χ2n) is 5.24. The van der Waals surface area contributed by atoms with Crippen LogP contribution in [-0.2, 0) is 19.1 Å². The zero-order chi connectivity index (χ0) is 17.1. The van der Waals surface area contributed by atoms with Crippen molar-refractivity contribution >= 4 is 17.6 Å². The van der Waals surface area contributed by atoms with Crippen molar-refractivity contribution in [2.45, 2.75) is 46.1 Å². The highest BCUT2D eigenvalue weighted by molar-refractivity contribution is 5.87. The Bertz CT molecular complexity index is 475. The summed E-state index contributed by atoms with van der Waals surface area (Å²) in [5.41, 5.74) is 0.774. The minimum atomic E-state index is -0.747. The average molecular weight is 321 g/mol. The number of anilines is 1. The number of carbonyl (C=O) groups excluding carboxylic acids is 2. The molecule has 0 saturated carbocycles. The third-order valence-electron chi connectivity index (χ3n) is 3.50. The highest BCUT2D eigenvalue weighted by Gasteiger charge is 2.35. The molecule has 0 spiro atoms. The zero-order valence-electron chi connectivity index (χ0n) is 14.2. The van der Waals surface area contributed by atoms with Crippen molar-refractivity contribution < 1.29 is 19.1 Å². The van der Waals surface area contributed by atoms with Crippen molar-refractivity contribution in [3.63, 3.8) is 0 Å². The Kier molecular flexibility index (Phi) is 8.80. The lowest BCUT2D eigenvalue weighted by molar-refractivity contribution is -0.156. The van der Waals surface area contributed by atoms with Crippen LogP contribution >= 0.6 is 0 Å². The maximum atomic E-state index is 12.4. The van der Waals surface area contributed by atoms with Gasteiger partial charge < -0.3 is 14.8 Å². The fourth-order valence-electron chi connectivity index (χ4n) is 2.36. The summed E-state index contributed by atoms with van der Waals surface area (Å²) in [7, 11) is 0. The van der Waals surface area contributed by atoms with Gasteiger partial charge in [0.25, 0.3) is 0 Å². The number of ether oxygens (including phenoxy) is 2. The molecule has 23 heavy (non-hydrogen) atoms. The molecule has 0 bridgehead atoms. The van der Waals surface area contributed by atoms with Crippen molar-refractivity contribution in [2.75, 3.05) is 18.5 Å². The van der Waals surface area contributed by atoms with Gasteiger partial charge in [-0.3, -0.25) is 4.79 Å². The molecule has 1 aromatic rings. The maximum absolute atomic E-state index is 12.4. The Morgan fingerprint density at radius 3 is 2.17 bits per heavy atom. The molecule has 5 nitrogen and oxygen atoms in total. The summed E-state index contributed by atoms with van der Waals surface area (Å²) in [5.74, 6) is -1.35. The highest BCUT2D eigenvalue weighted by Crippen LogP contribution is 2.21. The first-order valence-corrected chi connectivity index (χ1v) is 8.28. The van der Waals surface area contributed by atoms with E-state index in [-0.39, 0.29) is 12.6 Å². The molecular weight excluding hydrogens is 294 g/mol. The van der Waals surface area contributed by atoms with Crippen LogP contribution in [0.1, 0.15) is 40.0 Å². The molecule has 0 saturated heterocycles. The van der Waals surface area contributed by atoms with Crippen LogP contribution in [0.25, 0.3) is 0 Å². The van der Waals surface area contributed by atoms with Gasteiger partial charge in [0.15, 0.2) is 0 Å². The van der Waals surface area contributed by atoms with Crippen LogP contribution in [0.15, 0.2) is 30.3 Å². The zero-order valence-corrected chi connectivity index (χ0v) is 14.2. The SMILES string of the molecule is CCCCC(C(=O)OCC)C(Nc1ccccc1)C(=O)OCC. The number of rotatable bonds is 10. The molecule has 0 fully saturated rings. The molecule has 1 rings (SSSR count). The first-order chi connectivity index (χ1) is 11.1. The standard InChI is InChI=1S/C18H27NO4/c1-4-7-13-15(17(20)22-5-2)16(18(21)23-6-3)19-14-11-9-8-10-12-14/h8-12,15-16,19H,4-7,13H2,1-3H3. The molecule has 0 aromatic heterocycles. The van der Waals surface area contributed by atoms with E-state index in [1.54, 1.807) is 13.8 Å². The molecule has 0 amide bonds. The Balaban J connectivity index is 3.00. The summed E-state index contributed by atoms with van der Waals surface area (Å²) in [5, 5.41) is 3.14. The molecule has 5 heteroatoms. The van der Waals surface area contributed by atoms with Crippen LogP contribution in [0.5, 0.6) is 0 Å². The lowest BCUT2D eigenvalue weighted by atomic mass is 9.93. The molecule has 2 atom stereocenters. The van der Waals surface area contributed by atoms with Crippen molar-refractivity contribution in [1.29, 1.82) is 0 Å². The van der Waals surface area contributed by atoms with E-state index in [4.69, 9.17) is 9.47 Å². The van der Waals surface area contributed by atoms with E-state index in [9.17, 15) is 9.59 Å². The third-order valence-corrected chi connectivity index (χ3v) is 3.50. The van der Waals surface area contributed by atoms with Crippen LogP contribution < -0.4 is 5.32 Å². The van der Waals surface area contributed by atoms with E-state index in [2.05, 4.69) is 5.32 Å². The minimum Gasteiger partial charge on any atom is -0.466 e. The van der Waals surface area contributed by atoms with Crippen molar-refractivity contribution in [3.05, 3.63) is 30.3 Å². The van der Waals surface area contributed by atoms with Gasteiger partial charge in [0, 0.05) is 5.69 Å². The summed E-state index contributed by atoms with van der Waals surface area (Å²) in [6, 6.07) is 8.60. The van der Waals surface area contributed by atoms with Crippen LogP contribution in [0.3, 0.4) is 0 Å². The quantitative estimate of drug-likeness (QED) is 0.669. The molecule has 0 aliphatic carbocycles. The Morgan fingerprint density at radius 2 is 1.61 bits per heavy atom. The van der Waals surface area contributed by atoms with Gasteiger partial charge in [-0.1, -0.05) is 38.0 Å². The van der Waals surface area contributed by atoms with E-state index < -0.39 is 17.9 Å². The molecule has 2 unspecified atom stereocenters. The fourth-order valence-corrected chi connectivity index (χ4v) is 2.36. The van der Waals surface area contributed by atoms with E-state index in [0.29, 0.717) is 13.0 Å². The molecule has 0 aliphatic heterocycles. The highest BCUT2D eigenvalue weighted by atomic mass is 16.5. The molecule has 1 aromatic carbocycles. The number of para-hydroxylation sites is 1. The van der Waals surface area contributed by atoms with E-state index in [1.807, 2.05) is 37.3 Å². The largest absolute Gasteiger partial charge is 0.466 e. The van der Waals surface area contributed by atoms with Crippen molar-refractivity contribution in [2.24, 2.45) is 5.92 Å². The first kappa shape index (κ1) is 19.0. The summed E-state index contributed by atoms with van der Waals surface area (Å²) < 4.78 is 10.3. The van der Waals surface area contributed by atoms with Crippen molar-refractivity contribution in [1.82, 2.24) is 0 Å². The minimum absolute atomic E-state index is 0.273. The average Bonchev–Trinajstić information content (AvgIpc) is 2.55. The molecule has 1 N–H and O–H groups in total. The number of unbranched alkanes of at least 4 members (excludes halogenated alkanes) is 1. The van der Waals surface area contributed by atoms with Crippen molar-refractivity contribution in [3.8, 4) is 0 Å². The lowest BCUT2D eigenvalue weighted by Crippen LogP contribution is -2.43. The summed E-state index contributed by atoms with van der Waals surface area (Å²) in [6.07, 6.45) is 2.37. The predicted octanol–water partition coefficient (Wildman–Crippen LogP) is 3.40. The smallest absolute Gasteiger partial charge is 0.329 e. The summed E-state index contributed by atoms with van der Waals surface area (Å²) in [6.45, 7) is 6.13. The number of nitrogens with one attached hydrogen (secondary N) is 1. The molecule has 0 aliphatic rings. The van der Waals surface area contributed by atoms with Gasteiger partial charge in [0.2, 0.25) is 0 Å². The topological polar surface area (TPSA) is 64.6 Å². The number of esters is 2. The maximum Gasteiger partial charge on any atom is 0.329 e. The van der Waals surface area contributed by atoms with Gasteiger partial charge in [-0.2, -0.15) is 0 Å². The van der Waals surface area contributed by atoms with Gasteiger partial charge in [0.05, 0.1) is 19.1 Å². The number of hydrogen-bond acceptors (Lipinski definition) is 5. The van der Waals surface area contributed by atoms with Gasteiger partial charge in [-0.05, 0) is 32.4 Å². The second kappa shape index (κ2) is 10.6. The second-order valence-corrected chi connectivity index (χ2v) is 5.24. The number of carbonyl (C=O) groups is 2. The lowest BCUT2D eigenvalue weighted by Gasteiger charge is -2.25. The van der Waals surface area contributed by atoms with Crippen LogP contribution in [-0.4, -0.2) is 31.2 Å². The van der Waals surface area contributed by atoms with E-state index >= 15 is 0 Å². The molecule has 0 heterocycles. The first-order valence-electron chi connectivity index (χ1n) is 8.28. The number of benzene rings is 1. The van der Waals surface area contributed by atoms with E-state index in [0.717, 1.165) is 18.5 Å². The third kappa shape index (κ3) is 6.30. The molecule has 0 radical (unpaired) electrons. The van der Waals surface area contributed by atoms with Crippen LogP contribution in [0, 0.1) is 5.92 Å². The predicted molar refractivity (Wildman–Crippen MR) is 90.1 cm³/mol. The Hall–Kier alpha value is -2.04. The van der Waals surface area contributed by atoms with Crippen LogP contribution in [0.2, 0.25) is 0 Å². The summed E-state index contributed by atoms with van der Waals surface area (Å²) in [4.78, 5) is 24.7. The van der Waals surface area contributed by atoms with E-state index in [1.165, 1.54) is 0 Å². The Morgan fingerprint density at radius 1 is 1.00 bits per heavy atom. The molecular formula is C18H27NO4. The number of hydrogen-bond donors (Lipinski definition) is 1. The fraction of sp³-hybridized carbons (Fsp3) is 0.556. The van der Waals surface area contributed by atoms with Gasteiger partial charge in [-0.25, -0.2) is 4.79 Å². The van der Waals surface area contributed by atoms with Gasteiger partial charge in [0.1, 0.15) is 6.04 Å². The van der Waals surface area contributed by atoms with Gasteiger partial charge >= 0.3 is 11.9 Å². The Labute approximate surface area is 138 Å². The summed E-state index contributed by atoms with van der Waals surface area (Å²) >= 11 is 0. The van der Waals surface area contributed by atoms with Crippen LogP contribution in [0.4, 0.5) is 5.69 Å². The normalized spacial score (nSPS) is 13.0. The van der Waals surface area contributed by atoms with Gasteiger partial charge in [-0.15, -0.1) is 0 Å². The molecule has 128 valence electrons.